The van der Waals surface area contributed by atoms with E-state index in [4.69, 9.17) is 5.73 Å². The number of nitrogens with one attached hydrogen (secondary N) is 1. The minimum atomic E-state index is 0.0229. The number of hydrogen-bond donors (Lipinski definition) is 2. The van der Waals surface area contributed by atoms with Gasteiger partial charge in [-0.25, -0.2) is 0 Å². The standard InChI is InChI=1S/C16H27N3O/c1-3-9-19-11-13(17)10-15(19)16(20)18-14-6-4-5-12(2)7-8-14/h10-12,14H,3-9,17H2,1-2H3,(H,18,20). The fraction of sp³-hybridized carbons (Fsp3) is 0.688. The molecular weight excluding hydrogens is 250 g/mol. The van der Waals surface area contributed by atoms with Crippen LogP contribution in [-0.4, -0.2) is 16.5 Å². The summed E-state index contributed by atoms with van der Waals surface area (Å²) in [4.78, 5) is 12.4. The van der Waals surface area contributed by atoms with Crippen LogP contribution in [-0.2, 0) is 6.54 Å². The smallest absolute Gasteiger partial charge is 0.268 e. The lowest BCUT2D eigenvalue weighted by Gasteiger charge is -2.17. The molecular formula is C16H27N3O. The number of aromatic nitrogens is 1. The van der Waals surface area contributed by atoms with Crippen LogP contribution in [0.25, 0.3) is 0 Å². The summed E-state index contributed by atoms with van der Waals surface area (Å²) in [5.41, 5.74) is 7.18. The Balaban J connectivity index is 2.00. The Morgan fingerprint density at radius 2 is 2.20 bits per heavy atom. The number of hydrogen-bond acceptors (Lipinski definition) is 2. The molecule has 1 aliphatic rings. The zero-order valence-corrected chi connectivity index (χ0v) is 12.7. The van der Waals surface area contributed by atoms with Crippen LogP contribution in [0.15, 0.2) is 12.3 Å². The summed E-state index contributed by atoms with van der Waals surface area (Å²) in [6, 6.07) is 2.10. The minimum absolute atomic E-state index is 0.0229. The topological polar surface area (TPSA) is 60.0 Å². The molecule has 0 spiro atoms. The second-order valence-corrected chi connectivity index (χ2v) is 6.14. The van der Waals surface area contributed by atoms with E-state index in [1.54, 1.807) is 6.07 Å². The maximum atomic E-state index is 12.4. The van der Waals surface area contributed by atoms with Gasteiger partial charge >= 0.3 is 0 Å². The predicted octanol–water partition coefficient (Wildman–Crippen LogP) is 3.18. The Morgan fingerprint density at radius 1 is 1.40 bits per heavy atom. The molecule has 1 fully saturated rings. The Labute approximate surface area is 121 Å². The number of nitrogens with two attached hydrogens (primary N) is 1. The lowest BCUT2D eigenvalue weighted by Crippen LogP contribution is -2.35. The molecule has 0 aromatic carbocycles. The van der Waals surface area contributed by atoms with Gasteiger partial charge in [0, 0.05) is 18.8 Å². The number of nitrogen functional groups attached to an aromatic ring is 1. The molecule has 4 nitrogen and oxygen atoms in total. The molecule has 1 aliphatic carbocycles. The van der Waals surface area contributed by atoms with Gasteiger partial charge in [0.2, 0.25) is 0 Å². The van der Waals surface area contributed by atoms with Gasteiger partial charge < -0.3 is 15.6 Å². The SMILES string of the molecule is CCCn1cc(N)cc1C(=O)NC1CCCC(C)CC1. The summed E-state index contributed by atoms with van der Waals surface area (Å²) >= 11 is 0. The van der Waals surface area contributed by atoms with E-state index in [0.717, 1.165) is 31.7 Å². The fourth-order valence-electron chi connectivity index (χ4n) is 3.04. The zero-order valence-electron chi connectivity index (χ0n) is 12.7. The monoisotopic (exact) mass is 277 g/mol. The Bertz CT molecular complexity index is 453. The van der Waals surface area contributed by atoms with E-state index in [1.165, 1.54) is 19.3 Å². The van der Waals surface area contributed by atoms with E-state index in [2.05, 4.69) is 19.2 Å². The largest absolute Gasteiger partial charge is 0.397 e. The Kier molecular flexibility index (Phi) is 5.10. The lowest BCUT2D eigenvalue weighted by atomic mass is 10.0. The molecule has 0 saturated heterocycles. The van der Waals surface area contributed by atoms with Crippen LogP contribution >= 0.6 is 0 Å². The van der Waals surface area contributed by atoms with Crippen molar-refractivity contribution in [3.63, 3.8) is 0 Å². The van der Waals surface area contributed by atoms with Gasteiger partial charge in [0.15, 0.2) is 0 Å². The molecule has 4 heteroatoms. The molecule has 1 amide bonds. The average molecular weight is 277 g/mol. The summed E-state index contributed by atoms with van der Waals surface area (Å²) in [7, 11) is 0. The Hall–Kier alpha value is -1.45. The van der Waals surface area contributed by atoms with Gasteiger partial charge in [-0.15, -0.1) is 0 Å². The van der Waals surface area contributed by atoms with Crippen LogP contribution in [0, 0.1) is 5.92 Å². The number of rotatable bonds is 4. The van der Waals surface area contributed by atoms with Crippen molar-refractivity contribution in [3.8, 4) is 0 Å². The van der Waals surface area contributed by atoms with Gasteiger partial charge in [0.25, 0.3) is 5.91 Å². The highest BCUT2D eigenvalue weighted by atomic mass is 16.2. The van der Waals surface area contributed by atoms with Gasteiger partial charge in [-0.05, 0) is 37.7 Å². The maximum Gasteiger partial charge on any atom is 0.268 e. The summed E-state index contributed by atoms with van der Waals surface area (Å²) in [5.74, 6) is 0.811. The molecule has 2 unspecified atom stereocenters. The van der Waals surface area contributed by atoms with E-state index in [-0.39, 0.29) is 5.91 Å². The first-order chi connectivity index (χ1) is 9.60. The van der Waals surface area contributed by atoms with Crippen molar-refractivity contribution < 1.29 is 4.79 Å². The van der Waals surface area contributed by atoms with Crippen molar-refractivity contribution in [1.82, 2.24) is 9.88 Å². The number of aryl methyl sites for hydroxylation is 1. The predicted molar refractivity (Wildman–Crippen MR) is 82.6 cm³/mol. The third kappa shape index (κ3) is 3.78. The number of carbonyl (C=O) groups excluding carboxylic acids is 1. The molecule has 1 saturated carbocycles. The van der Waals surface area contributed by atoms with Gasteiger partial charge in [-0.1, -0.05) is 26.7 Å². The summed E-state index contributed by atoms with van der Waals surface area (Å²) in [5, 5.41) is 3.19. The zero-order chi connectivity index (χ0) is 14.5. The van der Waals surface area contributed by atoms with Crippen molar-refractivity contribution in [2.24, 2.45) is 5.92 Å². The van der Waals surface area contributed by atoms with Crippen molar-refractivity contribution in [3.05, 3.63) is 18.0 Å². The Morgan fingerprint density at radius 3 is 2.95 bits per heavy atom. The van der Waals surface area contributed by atoms with Crippen LogP contribution < -0.4 is 11.1 Å². The second kappa shape index (κ2) is 6.82. The molecule has 112 valence electrons. The number of anilines is 1. The highest BCUT2D eigenvalue weighted by Gasteiger charge is 2.20. The van der Waals surface area contributed by atoms with Crippen molar-refractivity contribution in [2.45, 2.75) is 65.0 Å². The highest BCUT2D eigenvalue weighted by Crippen LogP contribution is 2.23. The summed E-state index contributed by atoms with van der Waals surface area (Å²) < 4.78 is 1.96. The molecule has 0 radical (unpaired) electrons. The maximum absolute atomic E-state index is 12.4. The van der Waals surface area contributed by atoms with Gasteiger partial charge in [0.1, 0.15) is 5.69 Å². The summed E-state index contributed by atoms with van der Waals surface area (Å²) in [6.07, 6.45) is 8.75. The molecule has 20 heavy (non-hydrogen) atoms. The van der Waals surface area contributed by atoms with Crippen LogP contribution in [0.4, 0.5) is 5.69 Å². The van der Waals surface area contributed by atoms with Crippen LogP contribution in [0.2, 0.25) is 0 Å². The third-order valence-corrected chi connectivity index (χ3v) is 4.21. The van der Waals surface area contributed by atoms with Gasteiger partial charge in [-0.3, -0.25) is 4.79 Å². The molecule has 0 bridgehead atoms. The lowest BCUT2D eigenvalue weighted by molar-refractivity contribution is 0.0923. The first-order valence-electron chi connectivity index (χ1n) is 7.86. The molecule has 2 rings (SSSR count). The molecule has 3 N–H and O–H groups in total. The fourth-order valence-corrected chi connectivity index (χ4v) is 3.04. The molecule has 2 atom stereocenters. The third-order valence-electron chi connectivity index (χ3n) is 4.21. The highest BCUT2D eigenvalue weighted by molar-refractivity contribution is 5.94. The van der Waals surface area contributed by atoms with Crippen molar-refractivity contribution in [1.29, 1.82) is 0 Å². The average Bonchev–Trinajstić information content (AvgIpc) is 2.64. The second-order valence-electron chi connectivity index (χ2n) is 6.14. The summed E-state index contributed by atoms with van der Waals surface area (Å²) in [6.45, 7) is 5.24. The first kappa shape index (κ1) is 14.9. The van der Waals surface area contributed by atoms with Crippen molar-refractivity contribution in [2.75, 3.05) is 5.73 Å². The van der Waals surface area contributed by atoms with E-state index in [1.807, 2.05) is 10.8 Å². The van der Waals surface area contributed by atoms with E-state index in [0.29, 0.717) is 17.4 Å². The number of nitrogens with zero attached hydrogens (tertiary/aromatic N) is 1. The molecule has 1 heterocycles. The molecule has 1 aromatic heterocycles. The normalized spacial score (nSPS) is 23.3. The molecule has 1 aromatic rings. The van der Waals surface area contributed by atoms with Gasteiger partial charge in [-0.2, -0.15) is 0 Å². The van der Waals surface area contributed by atoms with Crippen LogP contribution in [0.5, 0.6) is 0 Å². The van der Waals surface area contributed by atoms with E-state index >= 15 is 0 Å². The van der Waals surface area contributed by atoms with Crippen LogP contribution in [0.3, 0.4) is 0 Å². The van der Waals surface area contributed by atoms with Crippen molar-refractivity contribution >= 4 is 11.6 Å². The van der Waals surface area contributed by atoms with Gasteiger partial charge in [0.05, 0.1) is 5.69 Å². The van der Waals surface area contributed by atoms with Crippen LogP contribution in [0.1, 0.15) is 62.9 Å². The number of carbonyl (C=O) groups is 1. The molecule has 0 aliphatic heterocycles. The number of amides is 1. The quantitative estimate of drug-likeness (QED) is 0.830. The van der Waals surface area contributed by atoms with E-state index < -0.39 is 0 Å². The minimum Gasteiger partial charge on any atom is -0.397 e. The first-order valence-corrected chi connectivity index (χ1v) is 7.86. The van der Waals surface area contributed by atoms with E-state index in [9.17, 15) is 4.79 Å².